The summed E-state index contributed by atoms with van der Waals surface area (Å²) in [5.41, 5.74) is 2.47. The molecule has 25 heavy (non-hydrogen) atoms. The maximum atomic E-state index is 13.4. The molecule has 6 heteroatoms. The fraction of sp³-hybridized carbons (Fsp3) is 0.316. The molecule has 1 atom stereocenters. The Balaban J connectivity index is 1.91. The molecule has 2 N–H and O–H groups in total. The number of halogens is 1. The molecule has 1 amide bonds. The normalized spacial score (nSPS) is 18.0. The van der Waals surface area contributed by atoms with Gasteiger partial charge >= 0.3 is 0 Å². The standard InChI is InChI=1S/C19H21FN2O3/c1-12-9-14(20)4-5-15(12)18-19(24)21-7-8-22(18)11-13-3-6-16(23)17(10-13)25-2/h3-6,9-10,18,23H,7-8,11H2,1-2H3,(H,21,24)/t18-/m1/s1. The van der Waals surface area contributed by atoms with E-state index in [1.807, 2.05) is 11.8 Å². The Labute approximate surface area is 146 Å². The van der Waals surface area contributed by atoms with Crippen LogP contribution in [-0.2, 0) is 11.3 Å². The molecule has 0 radical (unpaired) electrons. The lowest BCUT2D eigenvalue weighted by Crippen LogP contribution is -2.49. The van der Waals surface area contributed by atoms with Gasteiger partial charge in [0.15, 0.2) is 11.5 Å². The molecule has 1 saturated heterocycles. The molecule has 1 heterocycles. The predicted molar refractivity (Wildman–Crippen MR) is 92.0 cm³/mol. The van der Waals surface area contributed by atoms with E-state index in [1.165, 1.54) is 19.2 Å². The molecule has 0 bridgehead atoms. The van der Waals surface area contributed by atoms with Crippen LogP contribution in [-0.4, -0.2) is 36.1 Å². The first-order chi connectivity index (χ1) is 12.0. The summed E-state index contributed by atoms with van der Waals surface area (Å²) in [6.45, 7) is 3.56. The number of phenolic OH excluding ortho intramolecular Hbond substituents is 1. The average Bonchev–Trinajstić information content (AvgIpc) is 2.58. The second-order valence-corrected chi connectivity index (χ2v) is 6.17. The molecule has 0 unspecified atom stereocenters. The molecule has 0 aromatic heterocycles. The van der Waals surface area contributed by atoms with Crippen molar-refractivity contribution >= 4 is 5.91 Å². The SMILES string of the molecule is COc1cc(CN2CCNC(=O)[C@H]2c2ccc(F)cc2C)ccc1O. The Hall–Kier alpha value is -2.60. The summed E-state index contributed by atoms with van der Waals surface area (Å²) in [6.07, 6.45) is 0. The molecule has 2 aromatic carbocycles. The largest absolute Gasteiger partial charge is 0.504 e. The molecule has 1 fully saturated rings. The van der Waals surface area contributed by atoms with E-state index in [0.29, 0.717) is 25.4 Å². The minimum absolute atomic E-state index is 0.0774. The number of rotatable bonds is 4. The van der Waals surface area contributed by atoms with Gasteiger partial charge in [-0.1, -0.05) is 12.1 Å². The fourth-order valence-corrected chi connectivity index (χ4v) is 3.22. The van der Waals surface area contributed by atoms with Gasteiger partial charge < -0.3 is 15.2 Å². The quantitative estimate of drug-likeness (QED) is 0.895. The van der Waals surface area contributed by atoms with Gasteiger partial charge in [-0.25, -0.2) is 4.39 Å². The van der Waals surface area contributed by atoms with Gasteiger partial charge in [-0.3, -0.25) is 9.69 Å². The molecular formula is C19H21FN2O3. The number of hydrogen-bond donors (Lipinski definition) is 2. The smallest absolute Gasteiger partial charge is 0.242 e. The number of ether oxygens (including phenoxy) is 1. The lowest BCUT2D eigenvalue weighted by atomic mass is 9.97. The number of hydrogen-bond acceptors (Lipinski definition) is 4. The summed E-state index contributed by atoms with van der Waals surface area (Å²) < 4.78 is 18.6. The highest BCUT2D eigenvalue weighted by atomic mass is 19.1. The van der Waals surface area contributed by atoms with E-state index in [1.54, 1.807) is 24.3 Å². The van der Waals surface area contributed by atoms with Gasteiger partial charge in [0.05, 0.1) is 7.11 Å². The first-order valence-corrected chi connectivity index (χ1v) is 8.13. The van der Waals surface area contributed by atoms with Crippen LogP contribution in [0.1, 0.15) is 22.7 Å². The lowest BCUT2D eigenvalue weighted by Gasteiger charge is -2.36. The molecule has 2 aromatic rings. The Morgan fingerprint density at radius 3 is 2.84 bits per heavy atom. The number of phenols is 1. The molecule has 1 aliphatic rings. The predicted octanol–water partition coefficient (Wildman–Crippen LogP) is 2.52. The summed E-state index contributed by atoms with van der Waals surface area (Å²) in [5.74, 6) is 0.0704. The minimum atomic E-state index is -0.478. The van der Waals surface area contributed by atoms with Crippen LogP contribution >= 0.6 is 0 Å². The minimum Gasteiger partial charge on any atom is -0.504 e. The van der Waals surface area contributed by atoms with Crippen molar-refractivity contribution in [3.63, 3.8) is 0 Å². The van der Waals surface area contributed by atoms with Crippen molar-refractivity contribution in [2.75, 3.05) is 20.2 Å². The topological polar surface area (TPSA) is 61.8 Å². The van der Waals surface area contributed by atoms with Crippen LogP contribution in [0, 0.1) is 12.7 Å². The maximum absolute atomic E-state index is 13.4. The van der Waals surface area contributed by atoms with E-state index in [2.05, 4.69) is 5.32 Å². The lowest BCUT2D eigenvalue weighted by molar-refractivity contribution is -0.129. The number of nitrogens with zero attached hydrogens (tertiary/aromatic N) is 1. The highest BCUT2D eigenvalue weighted by molar-refractivity contribution is 5.84. The third kappa shape index (κ3) is 3.58. The van der Waals surface area contributed by atoms with E-state index in [-0.39, 0.29) is 17.5 Å². The number of amides is 1. The van der Waals surface area contributed by atoms with Crippen molar-refractivity contribution in [3.05, 3.63) is 58.9 Å². The zero-order valence-electron chi connectivity index (χ0n) is 14.3. The average molecular weight is 344 g/mol. The van der Waals surface area contributed by atoms with Crippen LogP contribution in [0.15, 0.2) is 36.4 Å². The Morgan fingerprint density at radius 2 is 2.12 bits per heavy atom. The molecule has 5 nitrogen and oxygen atoms in total. The van der Waals surface area contributed by atoms with Crippen LogP contribution in [0.4, 0.5) is 4.39 Å². The number of carbonyl (C=O) groups is 1. The van der Waals surface area contributed by atoms with E-state index >= 15 is 0 Å². The monoisotopic (exact) mass is 344 g/mol. The summed E-state index contributed by atoms with van der Waals surface area (Å²) in [7, 11) is 1.50. The third-order valence-electron chi connectivity index (χ3n) is 4.47. The second kappa shape index (κ2) is 7.11. The van der Waals surface area contributed by atoms with Crippen molar-refractivity contribution in [1.82, 2.24) is 10.2 Å². The number of aromatic hydroxyl groups is 1. The molecule has 0 saturated carbocycles. The van der Waals surface area contributed by atoms with Gasteiger partial charge in [-0.05, 0) is 47.9 Å². The molecule has 0 aliphatic carbocycles. The van der Waals surface area contributed by atoms with Crippen LogP contribution < -0.4 is 10.1 Å². The van der Waals surface area contributed by atoms with Crippen LogP contribution in [0.5, 0.6) is 11.5 Å². The first kappa shape index (κ1) is 17.2. The Morgan fingerprint density at radius 1 is 1.32 bits per heavy atom. The fourth-order valence-electron chi connectivity index (χ4n) is 3.22. The van der Waals surface area contributed by atoms with Gasteiger partial charge in [0.25, 0.3) is 0 Å². The van der Waals surface area contributed by atoms with Crippen LogP contribution in [0.3, 0.4) is 0 Å². The third-order valence-corrected chi connectivity index (χ3v) is 4.47. The Kier molecular flexibility index (Phi) is 4.90. The van der Waals surface area contributed by atoms with Crippen molar-refractivity contribution in [3.8, 4) is 11.5 Å². The maximum Gasteiger partial charge on any atom is 0.242 e. The Bertz CT molecular complexity index is 794. The highest BCUT2D eigenvalue weighted by Crippen LogP contribution is 2.31. The first-order valence-electron chi connectivity index (χ1n) is 8.13. The number of nitrogens with one attached hydrogen (secondary N) is 1. The van der Waals surface area contributed by atoms with E-state index in [0.717, 1.165) is 16.7 Å². The number of aryl methyl sites for hydroxylation is 1. The molecular weight excluding hydrogens is 323 g/mol. The molecule has 3 rings (SSSR count). The van der Waals surface area contributed by atoms with Crippen LogP contribution in [0.2, 0.25) is 0 Å². The molecule has 0 spiro atoms. The van der Waals surface area contributed by atoms with Gasteiger partial charge in [0.2, 0.25) is 5.91 Å². The van der Waals surface area contributed by atoms with Crippen molar-refractivity contribution in [2.24, 2.45) is 0 Å². The van der Waals surface area contributed by atoms with E-state index in [4.69, 9.17) is 4.74 Å². The summed E-state index contributed by atoms with van der Waals surface area (Å²) >= 11 is 0. The number of benzene rings is 2. The number of carbonyl (C=O) groups excluding carboxylic acids is 1. The summed E-state index contributed by atoms with van der Waals surface area (Å²) in [4.78, 5) is 14.5. The van der Waals surface area contributed by atoms with Gasteiger partial charge in [-0.2, -0.15) is 0 Å². The summed E-state index contributed by atoms with van der Waals surface area (Å²) in [5, 5.41) is 12.6. The van der Waals surface area contributed by atoms with E-state index in [9.17, 15) is 14.3 Å². The van der Waals surface area contributed by atoms with Gasteiger partial charge in [0, 0.05) is 19.6 Å². The van der Waals surface area contributed by atoms with Gasteiger partial charge in [-0.15, -0.1) is 0 Å². The second-order valence-electron chi connectivity index (χ2n) is 6.17. The number of methoxy groups -OCH3 is 1. The van der Waals surface area contributed by atoms with Crippen molar-refractivity contribution in [1.29, 1.82) is 0 Å². The zero-order valence-corrected chi connectivity index (χ0v) is 14.3. The van der Waals surface area contributed by atoms with Gasteiger partial charge in [0.1, 0.15) is 11.9 Å². The van der Waals surface area contributed by atoms with Crippen molar-refractivity contribution in [2.45, 2.75) is 19.5 Å². The number of piperazine rings is 1. The van der Waals surface area contributed by atoms with E-state index < -0.39 is 6.04 Å². The van der Waals surface area contributed by atoms with Crippen molar-refractivity contribution < 1.29 is 19.0 Å². The highest BCUT2D eigenvalue weighted by Gasteiger charge is 2.32. The van der Waals surface area contributed by atoms with Crippen LogP contribution in [0.25, 0.3) is 0 Å². The zero-order chi connectivity index (χ0) is 18.0. The molecule has 132 valence electrons. The molecule has 1 aliphatic heterocycles. The summed E-state index contributed by atoms with van der Waals surface area (Å²) in [6, 6.07) is 9.16.